The maximum atomic E-state index is 13.2. The van der Waals surface area contributed by atoms with Crippen molar-refractivity contribution in [2.45, 2.75) is 28.5 Å². The second kappa shape index (κ2) is 6.64. The number of carbonyl (C=O) groups excluding carboxylic acids is 1. The van der Waals surface area contributed by atoms with Crippen LogP contribution in [0.1, 0.15) is 18.4 Å². The van der Waals surface area contributed by atoms with Crippen molar-refractivity contribution in [2.24, 2.45) is 5.73 Å². The van der Waals surface area contributed by atoms with Crippen molar-refractivity contribution in [3.63, 3.8) is 0 Å². The molecule has 8 heteroatoms. The first-order chi connectivity index (χ1) is 12.2. The molecule has 3 atom stereocenters. The molecule has 0 saturated heterocycles. The minimum absolute atomic E-state index is 0.00985. The van der Waals surface area contributed by atoms with E-state index in [0.717, 1.165) is 0 Å². The Balaban J connectivity index is 2.06. The van der Waals surface area contributed by atoms with Crippen molar-refractivity contribution in [2.75, 3.05) is 6.61 Å². The number of rotatable bonds is 5. The van der Waals surface area contributed by atoms with Gasteiger partial charge in [0, 0.05) is 10.9 Å². The van der Waals surface area contributed by atoms with Crippen molar-refractivity contribution >= 4 is 27.4 Å². The topological polar surface area (TPSA) is 86.5 Å². The number of hydrogen-bond acceptors (Lipinski definition) is 5. The van der Waals surface area contributed by atoms with Gasteiger partial charge in [-0.3, -0.25) is 0 Å². The third kappa shape index (κ3) is 3.00. The van der Waals surface area contributed by atoms with Gasteiger partial charge >= 0.3 is 5.97 Å². The first-order valence-corrected chi connectivity index (χ1v) is 9.86. The molecule has 26 heavy (non-hydrogen) atoms. The third-order valence-electron chi connectivity index (χ3n) is 4.51. The lowest BCUT2D eigenvalue weighted by molar-refractivity contribution is -0.145. The summed E-state index contributed by atoms with van der Waals surface area (Å²) in [5.74, 6) is -2.09. The van der Waals surface area contributed by atoms with Gasteiger partial charge in [0.1, 0.15) is 16.6 Å². The number of halogens is 2. The summed E-state index contributed by atoms with van der Waals surface area (Å²) in [4.78, 5) is 12.4. The van der Waals surface area contributed by atoms with E-state index in [2.05, 4.69) is 0 Å². The smallest absolute Gasteiger partial charge is 0.328 e. The number of esters is 1. The Morgan fingerprint density at radius 1 is 1.19 bits per heavy atom. The Morgan fingerprint density at radius 2 is 1.77 bits per heavy atom. The standard InChI is InChI=1S/C18H17ClFNO4S/c1-2-25-17(22)18(21)15(11-3-7-13(20)8-4-11)16(18)26(23,24)14-9-5-12(19)6-10-14/h3-10,15-16H,2,21H2,1H3/t15-,16+,18+/m1/s1. The van der Waals surface area contributed by atoms with Crippen molar-refractivity contribution in [3.8, 4) is 0 Å². The molecule has 2 N–H and O–H groups in total. The minimum atomic E-state index is -3.94. The van der Waals surface area contributed by atoms with Gasteiger partial charge in [0.05, 0.1) is 11.5 Å². The molecule has 2 aromatic rings. The third-order valence-corrected chi connectivity index (χ3v) is 7.03. The average molecular weight is 398 g/mol. The number of carbonyl (C=O) groups is 1. The Bertz CT molecular complexity index is 931. The highest BCUT2D eigenvalue weighted by molar-refractivity contribution is 7.92. The van der Waals surface area contributed by atoms with Crippen LogP contribution in [0.3, 0.4) is 0 Å². The van der Waals surface area contributed by atoms with Crippen LogP contribution in [0.5, 0.6) is 0 Å². The molecule has 0 radical (unpaired) electrons. The quantitative estimate of drug-likeness (QED) is 0.784. The molecule has 0 aromatic heterocycles. The molecule has 0 bridgehead atoms. The van der Waals surface area contributed by atoms with E-state index < -0.39 is 38.3 Å². The monoisotopic (exact) mass is 397 g/mol. The van der Waals surface area contributed by atoms with Gasteiger partial charge in [-0.1, -0.05) is 23.7 Å². The lowest BCUT2D eigenvalue weighted by Gasteiger charge is -2.11. The second-order valence-electron chi connectivity index (χ2n) is 6.10. The maximum absolute atomic E-state index is 13.2. The summed E-state index contributed by atoms with van der Waals surface area (Å²) in [6, 6.07) is 10.9. The summed E-state index contributed by atoms with van der Waals surface area (Å²) in [6.07, 6.45) is 0. The maximum Gasteiger partial charge on any atom is 0.328 e. The molecular formula is C18H17ClFNO4S. The van der Waals surface area contributed by atoms with Crippen LogP contribution in [0.4, 0.5) is 4.39 Å². The Kier molecular flexibility index (Phi) is 4.81. The minimum Gasteiger partial charge on any atom is -0.465 e. The summed E-state index contributed by atoms with van der Waals surface area (Å²) < 4.78 is 44.4. The van der Waals surface area contributed by atoms with Crippen LogP contribution in [0.25, 0.3) is 0 Å². The molecule has 5 nitrogen and oxygen atoms in total. The number of sulfone groups is 1. The lowest BCUT2D eigenvalue weighted by atomic mass is 10.1. The van der Waals surface area contributed by atoms with Crippen LogP contribution >= 0.6 is 11.6 Å². The second-order valence-corrected chi connectivity index (χ2v) is 8.61. The van der Waals surface area contributed by atoms with E-state index in [1.54, 1.807) is 6.92 Å². The van der Waals surface area contributed by atoms with Gasteiger partial charge in [-0.2, -0.15) is 0 Å². The highest BCUT2D eigenvalue weighted by Crippen LogP contribution is 2.56. The molecule has 3 rings (SSSR count). The molecule has 2 aromatic carbocycles. The fraction of sp³-hybridized carbons (Fsp3) is 0.278. The zero-order valence-electron chi connectivity index (χ0n) is 13.9. The molecule has 0 unspecified atom stereocenters. The van der Waals surface area contributed by atoms with Crippen molar-refractivity contribution in [1.82, 2.24) is 0 Å². The van der Waals surface area contributed by atoms with Crippen molar-refractivity contribution in [1.29, 1.82) is 0 Å². The summed E-state index contributed by atoms with van der Waals surface area (Å²) in [5.41, 5.74) is 4.95. The number of hydrogen-bond donors (Lipinski definition) is 1. The largest absolute Gasteiger partial charge is 0.465 e. The molecule has 0 amide bonds. The Hall–Kier alpha value is -1.96. The first-order valence-electron chi connectivity index (χ1n) is 7.94. The van der Waals surface area contributed by atoms with Gasteiger partial charge in [-0.15, -0.1) is 0 Å². The zero-order valence-corrected chi connectivity index (χ0v) is 15.4. The van der Waals surface area contributed by atoms with Gasteiger partial charge in [-0.25, -0.2) is 17.6 Å². The van der Waals surface area contributed by atoms with Gasteiger partial charge in [0.25, 0.3) is 0 Å². The molecule has 1 fully saturated rings. The summed E-state index contributed by atoms with van der Waals surface area (Å²) >= 11 is 5.81. The summed E-state index contributed by atoms with van der Waals surface area (Å²) in [7, 11) is -3.94. The lowest BCUT2D eigenvalue weighted by Crippen LogP contribution is -2.41. The van der Waals surface area contributed by atoms with E-state index in [9.17, 15) is 17.6 Å². The highest BCUT2D eigenvalue weighted by atomic mass is 35.5. The van der Waals surface area contributed by atoms with Gasteiger partial charge in [-0.05, 0) is 48.9 Å². The van der Waals surface area contributed by atoms with Gasteiger partial charge in [0.15, 0.2) is 9.84 Å². The van der Waals surface area contributed by atoms with Crippen molar-refractivity contribution < 1.29 is 22.3 Å². The van der Waals surface area contributed by atoms with Crippen molar-refractivity contribution in [3.05, 3.63) is 64.9 Å². The Morgan fingerprint density at radius 3 is 2.31 bits per heavy atom. The molecule has 0 heterocycles. The zero-order chi connectivity index (χ0) is 19.1. The predicted molar refractivity (Wildman–Crippen MR) is 95.1 cm³/mol. The van der Waals surface area contributed by atoms with E-state index in [0.29, 0.717) is 10.6 Å². The number of benzene rings is 2. The van der Waals surface area contributed by atoms with Crippen LogP contribution in [0.2, 0.25) is 5.02 Å². The Labute approximate surface area is 155 Å². The van der Waals surface area contributed by atoms with E-state index in [4.69, 9.17) is 22.1 Å². The predicted octanol–water partition coefficient (Wildman–Crippen LogP) is 2.68. The summed E-state index contributed by atoms with van der Waals surface area (Å²) in [5, 5.41) is -0.820. The van der Waals surface area contributed by atoms with Crippen LogP contribution in [0.15, 0.2) is 53.4 Å². The molecule has 138 valence electrons. The fourth-order valence-corrected chi connectivity index (χ4v) is 5.55. The van der Waals surface area contributed by atoms with E-state index in [1.165, 1.54) is 48.5 Å². The van der Waals surface area contributed by atoms with E-state index >= 15 is 0 Å². The SMILES string of the molecule is CCOC(=O)[C@]1(N)[C@H](c2ccc(F)cc2)[C@@H]1S(=O)(=O)c1ccc(Cl)cc1. The van der Waals surface area contributed by atoms with Crippen LogP contribution in [-0.2, 0) is 19.4 Å². The van der Waals surface area contributed by atoms with Crippen LogP contribution in [-0.4, -0.2) is 31.8 Å². The highest BCUT2D eigenvalue weighted by Gasteiger charge is 2.74. The van der Waals surface area contributed by atoms with Crippen LogP contribution < -0.4 is 5.73 Å². The van der Waals surface area contributed by atoms with Crippen LogP contribution in [0, 0.1) is 5.82 Å². The average Bonchev–Trinajstić information content (AvgIpc) is 3.25. The number of nitrogens with two attached hydrogens (primary N) is 1. The van der Waals surface area contributed by atoms with E-state index in [1.807, 2.05) is 0 Å². The molecule has 0 aliphatic heterocycles. The van der Waals surface area contributed by atoms with Gasteiger partial charge in [0.2, 0.25) is 0 Å². The molecule has 1 aliphatic rings. The first kappa shape index (κ1) is 18.8. The number of ether oxygens (including phenoxy) is 1. The molecule has 1 aliphatic carbocycles. The van der Waals surface area contributed by atoms with Gasteiger partial charge < -0.3 is 10.5 Å². The van der Waals surface area contributed by atoms with E-state index in [-0.39, 0.29) is 11.5 Å². The molecule has 0 spiro atoms. The fourth-order valence-electron chi connectivity index (χ4n) is 3.20. The molecular weight excluding hydrogens is 381 g/mol. The normalized spacial score (nSPS) is 24.9. The molecule has 1 saturated carbocycles. The summed E-state index contributed by atoms with van der Waals surface area (Å²) in [6.45, 7) is 1.68.